The summed E-state index contributed by atoms with van der Waals surface area (Å²) in [6.45, 7) is 0.469. The third kappa shape index (κ3) is 2.11. The van der Waals surface area contributed by atoms with Crippen LogP contribution in [0.5, 0.6) is 0 Å². The quantitative estimate of drug-likeness (QED) is 0.797. The number of fused-ring (bicyclic) bond motifs is 8. The van der Waals surface area contributed by atoms with Crippen LogP contribution in [0.15, 0.2) is 48.8 Å². The summed E-state index contributed by atoms with van der Waals surface area (Å²) >= 11 is 0. The van der Waals surface area contributed by atoms with Gasteiger partial charge in [0.2, 0.25) is 0 Å². The van der Waals surface area contributed by atoms with Crippen molar-refractivity contribution in [2.75, 3.05) is 0 Å². The van der Waals surface area contributed by atoms with Gasteiger partial charge < -0.3 is 9.84 Å². The van der Waals surface area contributed by atoms with Gasteiger partial charge in [-0.3, -0.25) is 4.68 Å². The zero-order valence-corrected chi connectivity index (χ0v) is 13.0. The summed E-state index contributed by atoms with van der Waals surface area (Å²) in [4.78, 5) is 11.2. The lowest BCUT2D eigenvalue weighted by Crippen LogP contribution is -2.07. The maximum atomic E-state index is 13.1. The Morgan fingerprint density at radius 2 is 1.84 bits per heavy atom. The summed E-state index contributed by atoms with van der Waals surface area (Å²) in [6.07, 6.45) is 2.14. The van der Waals surface area contributed by atoms with Crippen molar-refractivity contribution in [1.29, 1.82) is 0 Å². The number of carbonyl (C=O) groups is 1. The van der Waals surface area contributed by atoms with E-state index in [9.17, 15) is 14.3 Å². The van der Waals surface area contributed by atoms with Gasteiger partial charge in [0.1, 0.15) is 12.2 Å². The topological polar surface area (TPSA) is 64.3 Å². The van der Waals surface area contributed by atoms with Crippen molar-refractivity contribution in [2.45, 2.75) is 18.8 Å². The predicted molar refractivity (Wildman–Crippen MR) is 85.9 cm³/mol. The van der Waals surface area contributed by atoms with Gasteiger partial charge in [-0.25, -0.2) is 9.18 Å². The third-order valence-corrected chi connectivity index (χ3v) is 4.83. The van der Waals surface area contributed by atoms with Crippen LogP contribution in [0.2, 0.25) is 0 Å². The molecule has 2 bridgehead atoms. The molecule has 5 nitrogen and oxygen atoms in total. The Balaban J connectivity index is 1.52. The van der Waals surface area contributed by atoms with E-state index >= 15 is 0 Å². The summed E-state index contributed by atoms with van der Waals surface area (Å²) in [5, 5.41) is 13.2. The largest absolute Gasteiger partial charge is 0.478 e. The van der Waals surface area contributed by atoms with E-state index in [0.717, 1.165) is 27.8 Å². The third-order valence-electron chi connectivity index (χ3n) is 4.83. The predicted octanol–water partition coefficient (Wildman–Crippen LogP) is 3.29. The number of aromatic nitrogens is 2. The lowest BCUT2D eigenvalue weighted by molar-refractivity contribution is 0.0696. The first-order valence-corrected chi connectivity index (χ1v) is 7.93. The average molecular weight is 336 g/mol. The molecule has 0 amide bonds. The SMILES string of the molecule is O=C(O)c1ccc2c(c1)[C@@H]1O[C@H]2c2ccc(Cn3cc(F)cn3)cc21. The number of hydrogen-bond acceptors (Lipinski definition) is 3. The number of carboxylic acid groups (broad SMARTS) is 1. The van der Waals surface area contributed by atoms with E-state index in [1.165, 1.54) is 12.4 Å². The molecule has 0 fully saturated rings. The molecule has 0 radical (unpaired) electrons. The van der Waals surface area contributed by atoms with Gasteiger partial charge >= 0.3 is 5.97 Å². The molecule has 2 aliphatic heterocycles. The summed E-state index contributed by atoms with van der Waals surface area (Å²) in [7, 11) is 0. The normalized spacial score (nSPS) is 19.7. The highest BCUT2D eigenvalue weighted by molar-refractivity contribution is 5.88. The van der Waals surface area contributed by atoms with E-state index in [0.29, 0.717) is 6.54 Å². The second kappa shape index (κ2) is 5.00. The Morgan fingerprint density at radius 1 is 1.12 bits per heavy atom. The van der Waals surface area contributed by atoms with Crippen LogP contribution >= 0.6 is 0 Å². The Bertz CT molecular complexity index is 1030. The van der Waals surface area contributed by atoms with E-state index < -0.39 is 5.97 Å². The zero-order valence-electron chi connectivity index (χ0n) is 13.0. The number of aromatic carboxylic acids is 1. The van der Waals surface area contributed by atoms with Crippen molar-refractivity contribution in [3.63, 3.8) is 0 Å². The highest BCUT2D eigenvalue weighted by Gasteiger charge is 2.42. The molecule has 1 N–H and O–H groups in total. The molecule has 2 aliphatic rings. The van der Waals surface area contributed by atoms with Crippen LogP contribution < -0.4 is 0 Å². The minimum absolute atomic E-state index is 0.144. The van der Waals surface area contributed by atoms with Crippen LogP contribution in [0.3, 0.4) is 0 Å². The lowest BCUT2D eigenvalue weighted by atomic mass is 9.84. The zero-order chi connectivity index (χ0) is 17.1. The number of ether oxygens (including phenoxy) is 1. The van der Waals surface area contributed by atoms with E-state index in [1.54, 1.807) is 16.8 Å². The van der Waals surface area contributed by atoms with Crippen molar-refractivity contribution >= 4 is 5.97 Å². The second-order valence-electron chi connectivity index (χ2n) is 6.36. The molecule has 124 valence electrons. The number of nitrogens with zero attached hydrogens (tertiary/aromatic N) is 2. The molecule has 1 aromatic heterocycles. The van der Waals surface area contributed by atoms with Crippen LogP contribution in [0.1, 0.15) is 50.4 Å². The highest BCUT2D eigenvalue weighted by Crippen LogP contribution is 2.54. The van der Waals surface area contributed by atoms with Gasteiger partial charge in [0.25, 0.3) is 0 Å². The molecule has 5 rings (SSSR count). The highest BCUT2D eigenvalue weighted by atomic mass is 19.1. The first-order valence-electron chi connectivity index (χ1n) is 7.93. The molecule has 6 heteroatoms. The van der Waals surface area contributed by atoms with Crippen molar-refractivity contribution in [2.24, 2.45) is 0 Å². The minimum atomic E-state index is -0.944. The van der Waals surface area contributed by atoms with Gasteiger partial charge in [0.05, 0.1) is 24.5 Å². The standard InChI is InChI=1S/C19H13FN2O3/c20-12-7-21-22(9-12)8-10-1-3-13-15(5-10)18-16-6-11(19(23)24)2-4-14(16)17(13)25-18/h1-7,9,17-18H,8H2,(H,23,24)/t17-,18+/m0/s1. The van der Waals surface area contributed by atoms with Gasteiger partial charge in [-0.05, 0) is 39.9 Å². The maximum absolute atomic E-state index is 13.1. The fourth-order valence-electron chi connectivity index (χ4n) is 3.74. The molecular weight excluding hydrogens is 323 g/mol. The summed E-state index contributed by atoms with van der Waals surface area (Å²) in [6, 6.07) is 11.2. The Hall–Kier alpha value is -2.99. The van der Waals surface area contributed by atoms with Crippen molar-refractivity contribution in [1.82, 2.24) is 9.78 Å². The fourth-order valence-corrected chi connectivity index (χ4v) is 3.74. The molecule has 0 spiro atoms. The van der Waals surface area contributed by atoms with E-state index in [-0.39, 0.29) is 23.6 Å². The number of carboxylic acids is 1. The number of benzene rings is 2. The van der Waals surface area contributed by atoms with Crippen molar-refractivity contribution in [3.05, 3.63) is 88.0 Å². The van der Waals surface area contributed by atoms with E-state index in [2.05, 4.69) is 5.10 Å². The molecule has 0 saturated carbocycles. The molecule has 0 saturated heterocycles. The number of halogens is 1. The summed E-state index contributed by atoms with van der Waals surface area (Å²) in [5.41, 5.74) is 5.36. The van der Waals surface area contributed by atoms with Crippen LogP contribution in [0.25, 0.3) is 0 Å². The first-order chi connectivity index (χ1) is 12.1. The van der Waals surface area contributed by atoms with Gasteiger partial charge in [-0.15, -0.1) is 0 Å². The molecule has 2 aromatic carbocycles. The average Bonchev–Trinajstić information content (AvgIpc) is 3.28. The van der Waals surface area contributed by atoms with E-state index in [1.807, 2.05) is 24.3 Å². The van der Waals surface area contributed by atoms with Crippen molar-refractivity contribution < 1.29 is 19.0 Å². The molecule has 0 unspecified atom stereocenters. The van der Waals surface area contributed by atoms with Crippen LogP contribution in [-0.2, 0) is 11.3 Å². The maximum Gasteiger partial charge on any atom is 0.335 e. The van der Waals surface area contributed by atoms with Crippen molar-refractivity contribution in [3.8, 4) is 0 Å². The van der Waals surface area contributed by atoms with Crippen LogP contribution in [0, 0.1) is 5.82 Å². The van der Waals surface area contributed by atoms with Gasteiger partial charge in [0, 0.05) is 0 Å². The van der Waals surface area contributed by atoms with Crippen LogP contribution in [0.4, 0.5) is 4.39 Å². The summed E-state index contributed by atoms with van der Waals surface area (Å²) in [5.74, 6) is -1.31. The van der Waals surface area contributed by atoms with E-state index in [4.69, 9.17) is 4.74 Å². The first kappa shape index (κ1) is 14.4. The summed E-state index contributed by atoms with van der Waals surface area (Å²) < 4.78 is 20.7. The molecule has 2 atom stereocenters. The van der Waals surface area contributed by atoms with Gasteiger partial charge in [-0.2, -0.15) is 5.10 Å². The lowest BCUT2D eigenvalue weighted by Gasteiger charge is -2.17. The fraction of sp³-hybridized carbons (Fsp3) is 0.158. The molecular formula is C19H13FN2O3. The molecule has 3 aromatic rings. The Morgan fingerprint density at radius 3 is 2.56 bits per heavy atom. The second-order valence-corrected chi connectivity index (χ2v) is 6.36. The minimum Gasteiger partial charge on any atom is -0.478 e. The molecule has 25 heavy (non-hydrogen) atoms. The number of hydrogen-bond donors (Lipinski definition) is 1. The Kier molecular flexibility index (Phi) is 2.87. The Labute approximate surface area is 142 Å². The molecule has 3 heterocycles. The number of rotatable bonds is 3. The molecule has 0 aliphatic carbocycles. The smallest absolute Gasteiger partial charge is 0.335 e. The van der Waals surface area contributed by atoms with Gasteiger partial charge in [0.15, 0.2) is 5.82 Å². The van der Waals surface area contributed by atoms with Crippen LogP contribution in [-0.4, -0.2) is 20.9 Å². The van der Waals surface area contributed by atoms with Gasteiger partial charge in [-0.1, -0.05) is 24.3 Å². The monoisotopic (exact) mass is 336 g/mol.